The van der Waals surface area contributed by atoms with E-state index in [9.17, 15) is 0 Å². The Hall–Kier alpha value is -4.16. The number of hydrogen-bond acceptors (Lipinski definition) is 6. The van der Waals surface area contributed by atoms with Gasteiger partial charge in [0.05, 0.1) is 70.6 Å². The molecule has 6 nitrogen and oxygen atoms in total. The first-order valence-electron chi connectivity index (χ1n) is 22.0. The quantitative estimate of drug-likeness (QED) is 0.226. The van der Waals surface area contributed by atoms with Crippen molar-refractivity contribution in [2.24, 2.45) is 32.5 Å². The van der Waals surface area contributed by atoms with Crippen molar-refractivity contribution in [1.29, 1.82) is 0 Å². The van der Waals surface area contributed by atoms with Crippen LogP contribution in [0.15, 0.2) is 147 Å². The molecule has 0 radical (unpaired) electrons. The van der Waals surface area contributed by atoms with Crippen LogP contribution in [0.3, 0.4) is 0 Å². The summed E-state index contributed by atoms with van der Waals surface area (Å²) in [6.07, 6.45) is 55.0. The molecule has 0 N–H and O–H groups in total. The summed E-state index contributed by atoms with van der Waals surface area (Å²) < 4.78 is 31.0. The van der Waals surface area contributed by atoms with E-state index in [1.807, 2.05) is 24.3 Å². The average Bonchev–Trinajstić information content (AvgIpc) is 3.11. The number of hydrogen-bond donors (Lipinski definition) is 0. The van der Waals surface area contributed by atoms with Gasteiger partial charge in [0.25, 0.3) is 0 Å². The largest absolute Gasteiger partial charge is 0.501 e. The van der Waals surface area contributed by atoms with E-state index in [-0.39, 0.29) is 23.7 Å². The SMILES string of the molecule is C.CC1(C)/C=C\C=C/OCC1.CC1(C)/C=C\O/C=C\CC1.CC1(C)/C=C\OC/C=C\C1.CC1(C)C/C=C\C=C/OC1.CC1(C)C=CCOC/C=C\1.CC1(C)C=COCC/C=C\1. The molecule has 6 aliphatic heterocycles. The molecule has 0 unspecified atom stereocenters. The van der Waals surface area contributed by atoms with E-state index in [1.165, 1.54) is 6.42 Å². The van der Waals surface area contributed by atoms with Gasteiger partial charge in [-0.15, -0.1) is 0 Å². The standard InChI is InChI=1S/6C9H14O.CH4/c1-9(2)5-3-7-10-8-4-6-9;4*1-9(2)5-3-4-7-10-8-6-9;1-9(2)6-4-3-5-7-10-8-9;/h3-6H,7-8H2,1-2H3;4,6-8H,3,5H2,1-2H3;3,5-6,8H,4,7H2,1-2H3;3-4,6,8H,5,7H2,1-2H3;2*3-5,7H,6,8H2,1-2H3;1H4/b5-3-,6-4?;7-4-,8-6-;5-3-,8-6?;4-3-,8-6-;5-3-,7-4-;4-3-,7-5-;. The smallest absolute Gasteiger partial charge is 0.105 e. The molecule has 0 spiro atoms. The molecule has 0 amide bonds. The van der Waals surface area contributed by atoms with Gasteiger partial charge in [-0.3, -0.25) is 0 Å². The zero-order valence-corrected chi connectivity index (χ0v) is 39.8. The van der Waals surface area contributed by atoms with Crippen LogP contribution in [0.1, 0.15) is 129 Å². The Labute approximate surface area is 375 Å². The molecule has 61 heavy (non-hydrogen) atoms. The second-order valence-corrected chi connectivity index (χ2v) is 19.7. The van der Waals surface area contributed by atoms with Gasteiger partial charge in [0, 0.05) is 16.2 Å². The monoisotopic (exact) mass is 845 g/mol. The summed E-state index contributed by atoms with van der Waals surface area (Å²) in [4.78, 5) is 0. The minimum absolute atomic E-state index is 0. The summed E-state index contributed by atoms with van der Waals surface area (Å²) in [6.45, 7) is 31.0. The van der Waals surface area contributed by atoms with E-state index < -0.39 is 0 Å². The van der Waals surface area contributed by atoms with Crippen molar-refractivity contribution in [3.8, 4) is 0 Å². The molecule has 0 aliphatic carbocycles. The van der Waals surface area contributed by atoms with Crippen molar-refractivity contribution < 1.29 is 28.4 Å². The molecule has 0 saturated heterocycles. The van der Waals surface area contributed by atoms with Gasteiger partial charge in [0.1, 0.15) is 6.61 Å². The normalized spacial score (nSPS) is 28.0. The van der Waals surface area contributed by atoms with Crippen molar-refractivity contribution in [2.45, 2.75) is 129 Å². The Kier molecular flexibility index (Phi) is 28.7. The maximum Gasteiger partial charge on any atom is 0.105 e. The fraction of sp³-hybridized carbons (Fsp3) is 0.564. The summed E-state index contributed by atoms with van der Waals surface area (Å²) in [7, 11) is 0. The molecule has 6 heteroatoms. The van der Waals surface area contributed by atoms with Crippen LogP contribution in [0.25, 0.3) is 0 Å². The lowest BCUT2D eigenvalue weighted by atomic mass is 9.88. The molecular formula is C55H88O6. The van der Waals surface area contributed by atoms with E-state index in [0.717, 1.165) is 65.1 Å². The maximum absolute atomic E-state index is 5.26. The highest BCUT2D eigenvalue weighted by molar-refractivity contribution is 5.09. The molecule has 344 valence electrons. The van der Waals surface area contributed by atoms with Crippen LogP contribution >= 0.6 is 0 Å². The van der Waals surface area contributed by atoms with Crippen LogP contribution in [0, 0.1) is 32.5 Å². The van der Waals surface area contributed by atoms with E-state index >= 15 is 0 Å². The van der Waals surface area contributed by atoms with Crippen molar-refractivity contribution in [3.63, 3.8) is 0 Å². The maximum atomic E-state index is 5.26. The molecule has 0 aromatic rings. The molecule has 0 aromatic carbocycles. The Morgan fingerprint density at radius 2 is 0.984 bits per heavy atom. The van der Waals surface area contributed by atoms with Crippen molar-refractivity contribution in [1.82, 2.24) is 0 Å². The van der Waals surface area contributed by atoms with Crippen LogP contribution in [0.4, 0.5) is 0 Å². The zero-order chi connectivity index (χ0) is 44.7. The average molecular weight is 845 g/mol. The van der Waals surface area contributed by atoms with Crippen molar-refractivity contribution in [3.05, 3.63) is 147 Å². The topological polar surface area (TPSA) is 55.4 Å². The molecule has 6 aliphatic rings. The van der Waals surface area contributed by atoms with E-state index in [1.54, 1.807) is 37.6 Å². The van der Waals surface area contributed by atoms with Crippen LogP contribution in [-0.2, 0) is 28.4 Å². The second kappa shape index (κ2) is 30.8. The summed E-state index contributed by atoms with van der Waals surface area (Å²) in [5, 5.41) is 0. The van der Waals surface area contributed by atoms with E-state index in [2.05, 4.69) is 168 Å². The fourth-order valence-corrected chi connectivity index (χ4v) is 5.42. The number of ether oxygens (including phenoxy) is 6. The third-order valence-electron chi connectivity index (χ3n) is 9.68. The predicted molar refractivity (Wildman–Crippen MR) is 263 cm³/mol. The molecular weight excluding hydrogens is 757 g/mol. The molecule has 0 atom stereocenters. The first-order valence-corrected chi connectivity index (χ1v) is 22.0. The molecule has 6 rings (SSSR count). The van der Waals surface area contributed by atoms with Gasteiger partial charge < -0.3 is 28.4 Å². The van der Waals surface area contributed by atoms with E-state index in [0.29, 0.717) is 22.9 Å². The van der Waals surface area contributed by atoms with Crippen molar-refractivity contribution in [2.75, 3.05) is 39.6 Å². The number of rotatable bonds is 0. The van der Waals surface area contributed by atoms with Crippen LogP contribution in [0.2, 0.25) is 0 Å². The van der Waals surface area contributed by atoms with Crippen molar-refractivity contribution >= 4 is 0 Å². The first kappa shape index (κ1) is 56.8. The minimum atomic E-state index is 0. The molecule has 6 heterocycles. The van der Waals surface area contributed by atoms with Gasteiger partial charge in [0.15, 0.2) is 0 Å². The molecule has 0 saturated carbocycles. The molecule has 0 aromatic heterocycles. The van der Waals surface area contributed by atoms with Crippen LogP contribution in [0.5, 0.6) is 0 Å². The summed E-state index contributed by atoms with van der Waals surface area (Å²) in [6, 6.07) is 0. The third-order valence-corrected chi connectivity index (χ3v) is 9.68. The van der Waals surface area contributed by atoms with E-state index in [4.69, 9.17) is 28.4 Å². The van der Waals surface area contributed by atoms with Crippen LogP contribution < -0.4 is 0 Å². The second-order valence-electron chi connectivity index (χ2n) is 19.7. The van der Waals surface area contributed by atoms with Gasteiger partial charge in [0.2, 0.25) is 0 Å². The number of allylic oxidation sites excluding steroid dienone is 14. The predicted octanol–water partition coefficient (Wildman–Crippen LogP) is 15.7. The van der Waals surface area contributed by atoms with Gasteiger partial charge in [-0.05, 0) is 91.2 Å². The summed E-state index contributed by atoms with van der Waals surface area (Å²) in [5.41, 5.74) is 1.53. The zero-order valence-electron chi connectivity index (χ0n) is 39.8. The van der Waals surface area contributed by atoms with Gasteiger partial charge in [-0.1, -0.05) is 163 Å². The molecule has 0 bridgehead atoms. The lowest BCUT2D eigenvalue weighted by molar-refractivity contribution is 0.138. The highest BCUT2D eigenvalue weighted by atomic mass is 16.5. The Balaban J connectivity index is 0.000000706. The highest BCUT2D eigenvalue weighted by Gasteiger charge is 2.17. The van der Waals surface area contributed by atoms with Gasteiger partial charge >= 0.3 is 0 Å². The third kappa shape index (κ3) is 35.2. The van der Waals surface area contributed by atoms with Crippen LogP contribution in [-0.4, -0.2) is 39.6 Å². The Morgan fingerprint density at radius 1 is 0.377 bits per heavy atom. The van der Waals surface area contributed by atoms with Gasteiger partial charge in [-0.2, -0.15) is 0 Å². The lowest BCUT2D eigenvalue weighted by Crippen LogP contribution is -2.17. The first-order chi connectivity index (χ1) is 28.2. The Bertz CT molecular complexity index is 1440. The summed E-state index contributed by atoms with van der Waals surface area (Å²) in [5.74, 6) is 0. The van der Waals surface area contributed by atoms with Gasteiger partial charge in [-0.25, -0.2) is 0 Å². The Morgan fingerprint density at radius 3 is 1.72 bits per heavy atom. The lowest BCUT2D eigenvalue weighted by Gasteiger charge is -2.22. The summed E-state index contributed by atoms with van der Waals surface area (Å²) >= 11 is 0. The highest BCUT2D eigenvalue weighted by Crippen LogP contribution is 2.26. The minimum Gasteiger partial charge on any atom is -0.501 e. The fourth-order valence-electron chi connectivity index (χ4n) is 5.42. The molecule has 0 fully saturated rings.